The summed E-state index contributed by atoms with van der Waals surface area (Å²) in [4.78, 5) is 0. The first-order chi connectivity index (χ1) is 7.13. The van der Waals surface area contributed by atoms with Gasteiger partial charge in [0.25, 0.3) is 0 Å². The summed E-state index contributed by atoms with van der Waals surface area (Å²) in [7, 11) is 0. The van der Waals surface area contributed by atoms with Crippen LogP contribution in [-0.4, -0.2) is 24.4 Å². The highest BCUT2D eigenvalue weighted by molar-refractivity contribution is 6.32. The molecule has 4 heteroatoms. The van der Waals surface area contributed by atoms with Crippen LogP contribution in [0.1, 0.15) is 13.8 Å². The maximum absolute atomic E-state index is 9.23. The second-order valence-corrected chi connectivity index (χ2v) is 3.78. The molecule has 1 unspecified atom stereocenters. The third-order valence-electron chi connectivity index (χ3n) is 1.93. The summed E-state index contributed by atoms with van der Waals surface area (Å²) >= 11 is 5.78. The van der Waals surface area contributed by atoms with E-state index in [1.165, 1.54) is 0 Å². The number of phenolic OH excluding ortho intramolecular Hbond substituents is 1. The molecule has 3 nitrogen and oxygen atoms in total. The molecule has 1 rings (SSSR count). The van der Waals surface area contributed by atoms with Gasteiger partial charge < -0.3 is 15.2 Å². The number of hydrogen-bond donors (Lipinski definition) is 2. The first-order valence-corrected chi connectivity index (χ1v) is 5.34. The molecule has 84 valence electrons. The molecular formula is C11H16ClNO2. The zero-order chi connectivity index (χ0) is 11.3. The average Bonchev–Trinajstić information content (AvgIpc) is 2.20. The zero-order valence-corrected chi connectivity index (χ0v) is 9.71. The van der Waals surface area contributed by atoms with Crippen LogP contribution < -0.4 is 5.32 Å². The molecule has 0 fully saturated rings. The molecular weight excluding hydrogens is 214 g/mol. The van der Waals surface area contributed by atoms with E-state index in [2.05, 4.69) is 5.32 Å². The molecule has 1 aromatic rings. The van der Waals surface area contributed by atoms with Gasteiger partial charge in [-0.2, -0.15) is 0 Å². The zero-order valence-electron chi connectivity index (χ0n) is 8.96. The summed E-state index contributed by atoms with van der Waals surface area (Å²) in [6.07, 6.45) is 0. The lowest BCUT2D eigenvalue weighted by Crippen LogP contribution is -2.21. The van der Waals surface area contributed by atoms with E-state index in [1.807, 2.05) is 13.8 Å². The van der Waals surface area contributed by atoms with Gasteiger partial charge in [0.1, 0.15) is 5.75 Å². The fourth-order valence-electron chi connectivity index (χ4n) is 1.22. The molecule has 0 aliphatic carbocycles. The highest BCUT2D eigenvalue weighted by Crippen LogP contribution is 2.26. The number of halogens is 1. The van der Waals surface area contributed by atoms with E-state index in [1.54, 1.807) is 18.2 Å². The number of nitrogens with one attached hydrogen (secondary N) is 1. The van der Waals surface area contributed by atoms with Crippen LogP contribution >= 0.6 is 11.6 Å². The highest BCUT2D eigenvalue weighted by atomic mass is 35.5. The van der Waals surface area contributed by atoms with Crippen LogP contribution in [0.25, 0.3) is 0 Å². The fourth-order valence-corrected chi connectivity index (χ4v) is 1.40. The molecule has 0 amide bonds. The minimum Gasteiger partial charge on any atom is -0.506 e. The van der Waals surface area contributed by atoms with E-state index in [9.17, 15) is 5.11 Å². The Morgan fingerprint density at radius 1 is 1.53 bits per heavy atom. The molecule has 0 spiro atoms. The van der Waals surface area contributed by atoms with Crippen LogP contribution in [0.5, 0.6) is 5.75 Å². The van der Waals surface area contributed by atoms with Crippen LogP contribution in [-0.2, 0) is 4.74 Å². The number of rotatable bonds is 5. The molecule has 0 saturated heterocycles. The molecule has 0 heterocycles. The Hall–Kier alpha value is -0.930. The minimum atomic E-state index is 0.0969. The van der Waals surface area contributed by atoms with Gasteiger partial charge in [-0.3, -0.25) is 0 Å². The van der Waals surface area contributed by atoms with Crippen molar-refractivity contribution in [3.05, 3.63) is 23.2 Å². The van der Waals surface area contributed by atoms with Gasteiger partial charge in [0.05, 0.1) is 11.6 Å². The normalized spacial score (nSPS) is 12.5. The third kappa shape index (κ3) is 3.98. The average molecular weight is 230 g/mol. The SMILES string of the molecule is CCOCC(C)Nc1ccc(O)c(Cl)c1. The van der Waals surface area contributed by atoms with E-state index in [0.29, 0.717) is 18.2 Å². The topological polar surface area (TPSA) is 41.5 Å². The molecule has 0 aromatic heterocycles. The number of anilines is 1. The van der Waals surface area contributed by atoms with E-state index in [4.69, 9.17) is 16.3 Å². The molecule has 15 heavy (non-hydrogen) atoms. The van der Waals surface area contributed by atoms with Gasteiger partial charge in [-0.25, -0.2) is 0 Å². The number of aromatic hydroxyl groups is 1. The lowest BCUT2D eigenvalue weighted by Gasteiger charge is -2.15. The van der Waals surface area contributed by atoms with Crippen LogP contribution in [0.2, 0.25) is 5.02 Å². The van der Waals surface area contributed by atoms with Crippen molar-refractivity contribution in [2.45, 2.75) is 19.9 Å². The maximum atomic E-state index is 9.23. The second kappa shape index (κ2) is 5.83. The van der Waals surface area contributed by atoms with Crippen molar-refractivity contribution in [3.63, 3.8) is 0 Å². The van der Waals surface area contributed by atoms with E-state index >= 15 is 0 Å². The molecule has 0 aliphatic rings. The maximum Gasteiger partial charge on any atom is 0.134 e. The summed E-state index contributed by atoms with van der Waals surface area (Å²) in [5, 5.41) is 12.8. The van der Waals surface area contributed by atoms with E-state index < -0.39 is 0 Å². The van der Waals surface area contributed by atoms with Crippen molar-refractivity contribution < 1.29 is 9.84 Å². The van der Waals surface area contributed by atoms with Crippen molar-refractivity contribution in [1.29, 1.82) is 0 Å². The van der Waals surface area contributed by atoms with Gasteiger partial charge in [-0.1, -0.05) is 11.6 Å². The Bertz CT molecular complexity index is 317. The largest absolute Gasteiger partial charge is 0.506 e. The van der Waals surface area contributed by atoms with Crippen LogP contribution in [0, 0.1) is 0 Å². The van der Waals surface area contributed by atoms with Crippen molar-refractivity contribution in [1.82, 2.24) is 0 Å². The third-order valence-corrected chi connectivity index (χ3v) is 2.24. The predicted molar refractivity (Wildman–Crippen MR) is 62.7 cm³/mol. The number of ether oxygens (including phenoxy) is 1. The molecule has 2 N–H and O–H groups in total. The van der Waals surface area contributed by atoms with E-state index in [-0.39, 0.29) is 11.8 Å². The van der Waals surface area contributed by atoms with Crippen molar-refractivity contribution in [2.75, 3.05) is 18.5 Å². The lowest BCUT2D eigenvalue weighted by molar-refractivity contribution is 0.141. The number of benzene rings is 1. The van der Waals surface area contributed by atoms with Crippen molar-refractivity contribution >= 4 is 17.3 Å². The Kier molecular flexibility index (Phi) is 4.72. The Morgan fingerprint density at radius 3 is 2.87 bits per heavy atom. The standard InChI is InChI=1S/C11H16ClNO2/c1-3-15-7-8(2)13-9-4-5-11(14)10(12)6-9/h4-6,8,13-14H,3,7H2,1-2H3. The van der Waals surface area contributed by atoms with Crippen molar-refractivity contribution in [3.8, 4) is 5.75 Å². The molecule has 0 radical (unpaired) electrons. The summed E-state index contributed by atoms with van der Waals surface area (Å²) in [5.74, 6) is 0.0969. The molecule has 1 atom stereocenters. The lowest BCUT2D eigenvalue weighted by atomic mass is 10.2. The predicted octanol–water partition coefficient (Wildman–Crippen LogP) is 2.88. The summed E-state index contributed by atoms with van der Waals surface area (Å²) in [6.45, 7) is 5.35. The fraction of sp³-hybridized carbons (Fsp3) is 0.455. The van der Waals surface area contributed by atoms with E-state index in [0.717, 1.165) is 5.69 Å². The smallest absolute Gasteiger partial charge is 0.134 e. The Morgan fingerprint density at radius 2 is 2.27 bits per heavy atom. The summed E-state index contributed by atoms with van der Waals surface area (Å²) in [6, 6.07) is 5.26. The highest BCUT2D eigenvalue weighted by Gasteiger charge is 2.04. The number of hydrogen-bond acceptors (Lipinski definition) is 3. The van der Waals surface area contributed by atoms with Crippen LogP contribution in [0.15, 0.2) is 18.2 Å². The van der Waals surface area contributed by atoms with Crippen LogP contribution in [0.4, 0.5) is 5.69 Å². The van der Waals surface area contributed by atoms with Crippen molar-refractivity contribution in [2.24, 2.45) is 0 Å². The first-order valence-electron chi connectivity index (χ1n) is 4.96. The van der Waals surface area contributed by atoms with Gasteiger partial charge >= 0.3 is 0 Å². The molecule has 0 bridgehead atoms. The monoisotopic (exact) mass is 229 g/mol. The number of phenols is 1. The van der Waals surface area contributed by atoms with Crippen LogP contribution in [0.3, 0.4) is 0 Å². The van der Waals surface area contributed by atoms with Gasteiger partial charge in [-0.05, 0) is 32.0 Å². The van der Waals surface area contributed by atoms with Gasteiger partial charge in [0, 0.05) is 18.3 Å². The molecule has 0 aliphatic heterocycles. The van der Waals surface area contributed by atoms with Gasteiger partial charge in [-0.15, -0.1) is 0 Å². The Balaban J connectivity index is 2.53. The Labute approximate surface area is 95.0 Å². The minimum absolute atomic E-state index is 0.0969. The van der Waals surface area contributed by atoms with Gasteiger partial charge in [0.2, 0.25) is 0 Å². The summed E-state index contributed by atoms with van der Waals surface area (Å²) < 4.78 is 5.28. The molecule has 1 aromatic carbocycles. The van der Waals surface area contributed by atoms with Gasteiger partial charge in [0.15, 0.2) is 0 Å². The second-order valence-electron chi connectivity index (χ2n) is 3.37. The quantitative estimate of drug-likeness (QED) is 0.763. The summed E-state index contributed by atoms with van der Waals surface area (Å²) in [5.41, 5.74) is 0.880. The first kappa shape index (κ1) is 12.1. The molecule has 0 saturated carbocycles.